The zero-order chi connectivity index (χ0) is 16.1. The molecule has 3 rings (SSSR count). The molecule has 0 spiro atoms. The summed E-state index contributed by atoms with van der Waals surface area (Å²) in [5, 5.41) is 3.66. The highest BCUT2D eigenvalue weighted by Crippen LogP contribution is 2.21. The maximum Gasteiger partial charge on any atom is 0.209 e. The van der Waals surface area contributed by atoms with E-state index in [0.717, 1.165) is 57.7 Å². The van der Waals surface area contributed by atoms with E-state index >= 15 is 0 Å². The number of nitrogens with zero attached hydrogens (tertiary/aromatic N) is 2. The molecule has 1 aromatic carbocycles. The van der Waals surface area contributed by atoms with Gasteiger partial charge >= 0.3 is 0 Å². The first-order valence-electron chi connectivity index (χ1n) is 8.76. The molecular weight excluding hydrogens is 288 g/mol. The van der Waals surface area contributed by atoms with Crippen molar-refractivity contribution in [1.82, 2.24) is 15.1 Å². The molecule has 2 fully saturated rings. The number of piperidine rings is 2. The normalized spacial score (nSPS) is 21.5. The van der Waals surface area contributed by atoms with Crippen LogP contribution in [0.15, 0.2) is 24.3 Å². The van der Waals surface area contributed by atoms with Gasteiger partial charge in [-0.1, -0.05) is 18.2 Å². The van der Waals surface area contributed by atoms with Crippen molar-refractivity contribution < 1.29 is 4.79 Å². The number of hydrogen-bond acceptors (Lipinski definition) is 4. The van der Waals surface area contributed by atoms with Crippen molar-refractivity contribution in [1.29, 1.82) is 0 Å². The Morgan fingerprint density at radius 2 is 1.78 bits per heavy atom. The Kier molecular flexibility index (Phi) is 5.51. The molecule has 1 aromatic rings. The number of benzene rings is 1. The lowest BCUT2D eigenvalue weighted by Crippen LogP contribution is -2.50. The first kappa shape index (κ1) is 16.3. The van der Waals surface area contributed by atoms with Gasteiger partial charge in [-0.15, -0.1) is 0 Å². The van der Waals surface area contributed by atoms with Crippen LogP contribution in [0, 0.1) is 0 Å². The molecule has 5 nitrogen and oxygen atoms in total. The van der Waals surface area contributed by atoms with E-state index in [0.29, 0.717) is 12.1 Å². The summed E-state index contributed by atoms with van der Waals surface area (Å²) in [5.41, 5.74) is 8.07. The van der Waals surface area contributed by atoms with Crippen LogP contribution in [0.2, 0.25) is 0 Å². The standard InChI is InChI=1S/C18H28N4O/c19-18-4-2-1-3-15(18)13-20-16-5-11-22(12-6-16)17-7-9-21(14-23)10-8-17/h1-4,14,16-17,20H,5-13,19H2. The second-order valence-electron chi connectivity index (χ2n) is 6.76. The molecule has 0 atom stereocenters. The van der Waals surface area contributed by atoms with Crippen molar-refractivity contribution in [2.75, 3.05) is 31.9 Å². The number of carbonyl (C=O) groups excluding carboxylic acids is 1. The summed E-state index contributed by atoms with van der Waals surface area (Å²) in [6.07, 6.45) is 5.62. The first-order chi connectivity index (χ1) is 11.3. The van der Waals surface area contributed by atoms with E-state index in [-0.39, 0.29) is 0 Å². The van der Waals surface area contributed by atoms with Crippen molar-refractivity contribution in [2.24, 2.45) is 0 Å². The summed E-state index contributed by atoms with van der Waals surface area (Å²) >= 11 is 0. The fourth-order valence-corrected chi connectivity index (χ4v) is 3.77. The van der Waals surface area contributed by atoms with Gasteiger partial charge in [0.25, 0.3) is 0 Å². The van der Waals surface area contributed by atoms with Gasteiger partial charge in [-0.3, -0.25) is 4.79 Å². The number of carbonyl (C=O) groups is 1. The van der Waals surface area contributed by atoms with Gasteiger partial charge in [0.2, 0.25) is 6.41 Å². The molecule has 0 bridgehead atoms. The number of amides is 1. The molecule has 1 amide bonds. The van der Waals surface area contributed by atoms with Crippen LogP contribution in [0.4, 0.5) is 5.69 Å². The Hall–Kier alpha value is -1.59. The summed E-state index contributed by atoms with van der Waals surface area (Å²) in [6.45, 7) is 5.01. The maximum absolute atomic E-state index is 10.8. The SMILES string of the molecule is Nc1ccccc1CNC1CCN(C2CCN(C=O)CC2)CC1. The molecule has 2 aliphatic heterocycles. The third-order valence-corrected chi connectivity index (χ3v) is 5.33. The molecule has 0 aliphatic carbocycles. The van der Waals surface area contributed by atoms with Crippen molar-refractivity contribution in [3.05, 3.63) is 29.8 Å². The second kappa shape index (κ2) is 7.79. The van der Waals surface area contributed by atoms with E-state index in [1.165, 1.54) is 18.4 Å². The second-order valence-corrected chi connectivity index (χ2v) is 6.76. The molecule has 2 heterocycles. The molecule has 0 saturated carbocycles. The van der Waals surface area contributed by atoms with Crippen LogP contribution in [0.1, 0.15) is 31.2 Å². The van der Waals surface area contributed by atoms with Gasteiger partial charge < -0.3 is 20.9 Å². The average Bonchev–Trinajstić information content (AvgIpc) is 2.62. The first-order valence-corrected chi connectivity index (χ1v) is 8.76. The Balaban J connectivity index is 1.40. The van der Waals surface area contributed by atoms with Crippen molar-refractivity contribution in [3.8, 4) is 0 Å². The van der Waals surface area contributed by atoms with E-state index in [9.17, 15) is 4.79 Å². The lowest BCUT2D eigenvalue weighted by Gasteiger charge is -2.41. The van der Waals surface area contributed by atoms with Gasteiger partial charge in [0, 0.05) is 37.4 Å². The molecule has 23 heavy (non-hydrogen) atoms. The van der Waals surface area contributed by atoms with Crippen LogP contribution in [0.3, 0.4) is 0 Å². The zero-order valence-electron chi connectivity index (χ0n) is 13.8. The Labute approximate surface area is 138 Å². The lowest BCUT2D eigenvalue weighted by atomic mass is 9.98. The number of anilines is 1. The van der Waals surface area contributed by atoms with Gasteiger partial charge in [-0.05, 0) is 50.4 Å². The van der Waals surface area contributed by atoms with Crippen LogP contribution in [-0.4, -0.2) is 54.5 Å². The highest BCUT2D eigenvalue weighted by atomic mass is 16.1. The maximum atomic E-state index is 10.8. The number of nitrogens with two attached hydrogens (primary N) is 1. The Bertz CT molecular complexity index is 505. The van der Waals surface area contributed by atoms with Gasteiger partial charge in [0.05, 0.1) is 0 Å². The highest BCUT2D eigenvalue weighted by molar-refractivity contribution is 5.47. The predicted molar refractivity (Wildman–Crippen MR) is 92.9 cm³/mol. The Morgan fingerprint density at radius 3 is 2.43 bits per heavy atom. The minimum Gasteiger partial charge on any atom is -0.398 e. The van der Waals surface area contributed by atoms with E-state index in [4.69, 9.17) is 5.73 Å². The van der Waals surface area contributed by atoms with Crippen LogP contribution >= 0.6 is 0 Å². The van der Waals surface area contributed by atoms with Crippen molar-refractivity contribution in [3.63, 3.8) is 0 Å². The van der Waals surface area contributed by atoms with Crippen LogP contribution in [-0.2, 0) is 11.3 Å². The molecule has 2 saturated heterocycles. The fraction of sp³-hybridized carbons (Fsp3) is 0.611. The summed E-state index contributed by atoms with van der Waals surface area (Å²) in [6, 6.07) is 9.33. The topological polar surface area (TPSA) is 61.6 Å². The molecule has 126 valence electrons. The third kappa shape index (κ3) is 4.24. The predicted octanol–water partition coefficient (Wildman–Crippen LogP) is 1.44. The highest BCUT2D eigenvalue weighted by Gasteiger charge is 2.27. The molecule has 3 N–H and O–H groups in total. The van der Waals surface area contributed by atoms with E-state index in [1.54, 1.807) is 0 Å². The van der Waals surface area contributed by atoms with Gasteiger partial charge in [0.15, 0.2) is 0 Å². The number of nitrogen functional groups attached to an aromatic ring is 1. The Morgan fingerprint density at radius 1 is 1.09 bits per heavy atom. The largest absolute Gasteiger partial charge is 0.398 e. The smallest absolute Gasteiger partial charge is 0.209 e. The van der Waals surface area contributed by atoms with Gasteiger partial charge in [0.1, 0.15) is 0 Å². The molecule has 2 aliphatic rings. The molecule has 0 aromatic heterocycles. The summed E-state index contributed by atoms with van der Waals surface area (Å²) in [7, 11) is 0. The molecule has 5 heteroatoms. The minimum absolute atomic E-state index is 0.584. The third-order valence-electron chi connectivity index (χ3n) is 5.33. The van der Waals surface area contributed by atoms with Crippen LogP contribution in [0.25, 0.3) is 0 Å². The lowest BCUT2D eigenvalue weighted by molar-refractivity contribution is -0.119. The van der Waals surface area contributed by atoms with Crippen molar-refractivity contribution in [2.45, 2.75) is 44.3 Å². The van der Waals surface area contributed by atoms with E-state index in [1.807, 2.05) is 23.1 Å². The summed E-state index contributed by atoms with van der Waals surface area (Å²) in [4.78, 5) is 15.3. The fourth-order valence-electron chi connectivity index (χ4n) is 3.77. The molecular formula is C18H28N4O. The number of likely N-dealkylation sites (tertiary alicyclic amines) is 2. The van der Waals surface area contributed by atoms with E-state index in [2.05, 4.69) is 16.3 Å². The monoisotopic (exact) mass is 316 g/mol. The van der Waals surface area contributed by atoms with Gasteiger partial charge in [-0.25, -0.2) is 0 Å². The summed E-state index contributed by atoms with van der Waals surface area (Å²) in [5.74, 6) is 0. The summed E-state index contributed by atoms with van der Waals surface area (Å²) < 4.78 is 0. The average molecular weight is 316 g/mol. The molecule has 0 unspecified atom stereocenters. The number of nitrogens with one attached hydrogen (secondary N) is 1. The molecule has 0 radical (unpaired) electrons. The quantitative estimate of drug-likeness (QED) is 0.637. The number of para-hydroxylation sites is 1. The number of rotatable bonds is 5. The number of hydrogen-bond donors (Lipinski definition) is 2. The van der Waals surface area contributed by atoms with Crippen LogP contribution < -0.4 is 11.1 Å². The van der Waals surface area contributed by atoms with E-state index < -0.39 is 0 Å². The van der Waals surface area contributed by atoms with Crippen molar-refractivity contribution >= 4 is 12.1 Å². The van der Waals surface area contributed by atoms with Gasteiger partial charge in [-0.2, -0.15) is 0 Å². The zero-order valence-corrected chi connectivity index (χ0v) is 13.8. The minimum atomic E-state index is 0.584. The van der Waals surface area contributed by atoms with Crippen LogP contribution in [0.5, 0.6) is 0 Å².